The van der Waals surface area contributed by atoms with Crippen molar-refractivity contribution >= 4 is 0 Å². The molecule has 1 aromatic heterocycles. The van der Waals surface area contributed by atoms with E-state index in [0.717, 1.165) is 6.42 Å². The normalized spacial score (nSPS) is 32.8. The number of benzene rings is 1. The van der Waals surface area contributed by atoms with Crippen molar-refractivity contribution in [1.29, 1.82) is 0 Å². The highest BCUT2D eigenvalue weighted by molar-refractivity contribution is 5.69. The van der Waals surface area contributed by atoms with Crippen LogP contribution in [0.25, 0.3) is 11.3 Å². The van der Waals surface area contributed by atoms with E-state index in [0.29, 0.717) is 17.4 Å². The smallest absolute Gasteiger partial charge is 0.0956 e. The number of hydrogen-bond acceptors (Lipinski definition) is 2. The molecule has 2 fully saturated rings. The zero-order valence-electron chi connectivity index (χ0n) is 10.7. The van der Waals surface area contributed by atoms with Crippen molar-refractivity contribution in [2.75, 3.05) is 0 Å². The molecule has 1 aromatic carbocycles. The standard InChI is InChI=1S/C16H16N2O/c19-13-7-16(5-6-16)14(13)15-11-4-2-1-3-10(11)12-8-17-9-18(12)15/h1-4,8-9,13-15,19H,5-7H2/t13?,14?,15-/m1/s1. The molecule has 19 heavy (non-hydrogen) atoms. The van der Waals surface area contributed by atoms with Crippen LogP contribution in [0.15, 0.2) is 36.8 Å². The molecule has 1 N–H and O–H groups in total. The Balaban J connectivity index is 1.71. The maximum atomic E-state index is 10.3. The van der Waals surface area contributed by atoms with Gasteiger partial charge in [0.2, 0.25) is 0 Å². The zero-order chi connectivity index (χ0) is 12.6. The molecule has 0 bridgehead atoms. The molecule has 5 rings (SSSR count). The van der Waals surface area contributed by atoms with Crippen LogP contribution >= 0.6 is 0 Å². The number of nitrogens with zero attached hydrogens (tertiary/aromatic N) is 2. The van der Waals surface area contributed by atoms with Gasteiger partial charge in [0, 0.05) is 11.5 Å². The Hall–Kier alpha value is -1.61. The highest BCUT2D eigenvalue weighted by Crippen LogP contribution is 2.69. The summed E-state index contributed by atoms with van der Waals surface area (Å²) in [5, 5.41) is 10.3. The first-order valence-electron chi connectivity index (χ1n) is 7.09. The maximum Gasteiger partial charge on any atom is 0.0956 e. The third kappa shape index (κ3) is 1.11. The number of fused-ring (bicyclic) bond motifs is 3. The van der Waals surface area contributed by atoms with Gasteiger partial charge in [0.25, 0.3) is 0 Å². The van der Waals surface area contributed by atoms with Crippen molar-refractivity contribution in [3.05, 3.63) is 42.4 Å². The maximum absolute atomic E-state index is 10.3. The molecule has 2 aromatic rings. The van der Waals surface area contributed by atoms with Crippen molar-refractivity contribution in [3.63, 3.8) is 0 Å². The highest BCUT2D eigenvalue weighted by Gasteiger charge is 2.64. The molecule has 1 aliphatic heterocycles. The first kappa shape index (κ1) is 10.2. The largest absolute Gasteiger partial charge is 0.393 e. The van der Waals surface area contributed by atoms with Crippen LogP contribution < -0.4 is 0 Å². The van der Waals surface area contributed by atoms with Gasteiger partial charge < -0.3 is 9.67 Å². The molecule has 3 aliphatic rings. The molecule has 96 valence electrons. The SMILES string of the molecule is OC1CC2(CC2)C1[C@H]1c2ccccc2-c2cncn21. The molecule has 2 heterocycles. The first-order valence-corrected chi connectivity index (χ1v) is 7.09. The monoisotopic (exact) mass is 252 g/mol. The van der Waals surface area contributed by atoms with E-state index in [-0.39, 0.29) is 6.10 Å². The van der Waals surface area contributed by atoms with E-state index in [9.17, 15) is 5.11 Å². The summed E-state index contributed by atoms with van der Waals surface area (Å²) in [5.74, 6) is 0.379. The highest BCUT2D eigenvalue weighted by atomic mass is 16.3. The Morgan fingerprint density at radius 3 is 2.89 bits per heavy atom. The Bertz CT molecular complexity index is 671. The number of rotatable bonds is 1. The van der Waals surface area contributed by atoms with E-state index < -0.39 is 0 Å². The summed E-state index contributed by atoms with van der Waals surface area (Å²) < 4.78 is 2.28. The summed E-state index contributed by atoms with van der Waals surface area (Å²) in [6.07, 6.45) is 7.31. The molecule has 0 amide bonds. The van der Waals surface area contributed by atoms with Crippen LogP contribution in [0.5, 0.6) is 0 Å². The summed E-state index contributed by atoms with van der Waals surface area (Å²) in [6, 6.07) is 8.88. The van der Waals surface area contributed by atoms with Gasteiger partial charge in [-0.1, -0.05) is 24.3 Å². The molecule has 2 unspecified atom stereocenters. The lowest BCUT2D eigenvalue weighted by Gasteiger charge is -2.46. The third-order valence-corrected chi connectivity index (χ3v) is 5.49. The van der Waals surface area contributed by atoms with E-state index in [2.05, 4.69) is 33.8 Å². The number of imidazole rings is 1. The van der Waals surface area contributed by atoms with Gasteiger partial charge in [0.05, 0.1) is 30.4 Å². The van der Waals surface area contributed by atoms with Gasteiger partial charge in [-0.25, -0.2) is 4.98 Å². The lowest BCUT2D eigenvalue weighted by Crippen LogP contribution is -2.47. The fraction of sp³-hybridized carbons (Fsp3) is 0.438. The van der Waals surface area contributed by atoms with E-state index in [4.69, 9.17) is 0 Å². The molecule has 3 heteroatoms. The van der Waals surface area contributed by atoms with Crippen molar-refractivity contribution in [2.45, 2.75) is 31.4 Å². The van der Waals surface area contributed by atoms with Crippen molar-refractivity contribution in [1.82, 2.24) is 9.55 Å². The van der Waals surface area contributed by atoms with E-state index in [1.807, 2.05) is 12.5 Å². The van der Waals surface area contributed by atoms with Gasteiger partial charge in [-0.15, -0.1) is 0 Å². The second-order valence-corrected chi connectivity index (χ2v) is 6.38. The molecule has 0 saturated heterocycles. The molecular weight excluding hydrogens is 236 g/mol. The summed E-state index contributed by atoms with van der Waals surface area (Å²) in [7, 11) is 0. The summed E-state index contributed by atoms with van der Waals surface area (Å²) in [4.78, 5) is 4.31. The van der Waals surface area contributed by atoms with E-state index >= 15 is 0 Å². The lowest BCUT2D eigenvalue weighted by atomic mass is 9.63. The summed E-state index contributed by atoms with van der Waals surface area (Å²) in [6.45, 7) is 0. The second kappa shape index (κ2) is 3.10. The van der Waals surface area contributed by atoms with Gasteiger partial charge in [-0.3, -0.25) is 0 Å². The van der Waals surface area contributed by atoms with Gasteiger partial charge >= 0.3 is 0 Å². The average Bonchev–Trinajstić information content (AvgIpc) is 2.97. The Morgan fingerprint density at radius 1 is 1.26 bits per heavy atom. The Kier molecular flexibility index (Phi) is 1.67. The molecule has 3 atom stereocenters. The van der Waals surface area contributed by atoms with Crippen LogP contribution in [0.2, 0.25) is 0 Å². The van der Waals surface area contributed by atoms with Gasteiger partial charge in [0.15, 0.2) is 0 Å². The minimum absolute atomic E-state index is 0.145. The number of aromatic nitrogens is 2. The van der Waals surface area contributed by atoms with Crippen LogP contribution in [0.3, 0.4) is 0 Å². The molecule has 3 nitrogen and oxygen atoms in total. The van der Waals surface area contributed by atoms with Crippen LogP contribution in [-0.4, -0.2) is 20.8 Å². The van der Waals surface area contributed by atoms with E-state index in [1.54, 1.807) is 0 Å². The third-order valence-electron chi connectivity index (χ3n) is 5.49. The predicted molar refractivity (Wildman–Crippen MR) is 71.6 cm³/mol. The second-order valence-electron chi connectivity index (χ2n) is 6.38. The lowest BCUT2D eigenvalue weighted by molar-refractivity contribution is -0.0677. The summed E-state index contributed by atoms with van der Waals surface area (Å²) >= 11 is 0. The molecule has 2 saturated carbocycles. The van der Waals surface area contributed by atoms with Crippen LogP contribution in [0.1, 0.15) is 30.9 Å². The van der Waals surface area contributed by atoms with Crippen LogP contribution in [0.4, 0.5) is 0 Å². The minimum Gasteiger partial charge on any atom is -0.393 e. The van der Waals surface area contributed by atoms with Gasteiger partial charge in [-0.05, 0) is 30.2 Å². The molecule has 0 radical (unpaired) electrons. The van der Waals surface area contributed by atoms with Gasteiger partial charge in [0.1, 0.15) is 0 Å². The minimum atomic E-state index is -0.145. The van der Waals surface area contributed by atoms with Crippen molar-refractivity contribution < 1.29 is 5.11 Å². The first-order chi connectivity index (χ1) is 9.30. The van der Waals surface area contributed by atoms with E-state index in [1.165, 1.54) is 29.7 Å². The fourth-order valence-corrected chi connectivity index (χ4v) is 4.41. The van der Waals surface area contributed by atoms with Gasteiger partial charge in [-0.2, -0.15) is 0 Å². The average molecular weight is 252 g/mol. The van der Waals surface area contributed by atoms with Crippen LogP contribution in [-0.2, 0) is 0 Å². The Morgan fingerprint density at radius 2 is 2.11 bits per heavy atom. The predicted octanol–water partition coefficient (Wildman–Crippen LogP) is 2.61. The molecule has 2 aliphatic carbocycles. The molecule has 1 spiro atoms. The van der Waals surface area contributed by atoms with Crippen molar-refractivity contribution in [3.8, 4) is 11.3 Å². The topological polar surface area (TPSA) is 38.1 Å². The van der Waals surface area contributed by atoms with Crippen LogP contribution in [0, 0.1) is 11.3 Å². The number of aliphatic hydroxyl groups excluding tert-OH is 1. The quantitative estimate of drug-likeness (QED) is 0.847. The summed E-state index contributed by atoms with van der Waals surface area (Å²) in [5.41, 5.74) is 4.30. The number of hydrogen-bond donors (Lipinski definition) is 1. The van der Waals surface area contributed by atoms with Crippen molar-refractivity contribution in [2.24, 2.45) is 11.3 Å². The zero-order valence-corrected chi connectivity index (χ0v) is 10.7. The fourth-order valence-electron chi connectivity index (χ4n) is 4.41. The molecular formula is C16H16N2O. The number of aliphatic hydroxyl groups is 1. The Labute approximate surface area is 111 Å².